The van der Waals surface area contributed by atoms with Crippen LogP contribution in [-0.4, -0.2) is 37.3 Å². The Balaban J connectivity index is 2.71. The maximum absolute atomic E-state index is 13.6. The van der Waals surface area contributed by atoms with Gasteiger partial charge in [-0.25, -0.2) is 4.39 Å². The molecular weight excluding hydrogens is 146 g/mol. The van der Waals surface area contributed by atoms with Gasteiger partial charge in [-0.15, -0.1) is 0 Å². The van der Waals surface area contributed by atoms with E-state index in [1.165, 1.54) is 6.92 Å². The van der Waals surface area contributed by atoms with Gasteiger partial charge in [0.05, 0.1) is 18.7 Å². The van der Waals surface area contributed by atoms with Crippen LogP contribution in [0.15, 0.2) is 0 Å². The number of rotatable bonds is 1. The van der Waals surface area contributed by atoms with Crippen LogP contribution in [0.2, 0.25) is 0 Å². The molecule has 1 aliphatic heterocycles. The van der Waals surface area contributed by atoms with E-state index in [2.05, 4.69) is 0 Å². The number of aliphatic hydroxyl groups is 1. The monoisotopic (exact) mass is 160 g/mol. The Labute approximate surface area is 67.1 Å². The van der Waals surface area contributed by atoms with Crippen molar-refractivity contribution in [3.05, 3.63) is 0 Å². The van der Waals surface area contributed by atoms with Crippen molar-refractivity contribution in [3.8, 4) is 0 Å². The highest BCUT2D eigenvalue weighted by molar-refractivity contribution is 6.12. The lowest BCUT2D eigenvalue weighted by atomic mass is 9.79. The number of aliphatic hydroxyl groups excluding tert-OH is 1. The SMILES string of the molecule is B[C@@H]1O[C@H](CO)[C@@H](C)[C@@]1(C)F. The van der Waals surface area contributed by atoms with Crippen LogP contribution in [0, 0.1) is 5.92 Å². The summed E-state index contributed by atoms with van der Waals surface area (Å²) in [5.41, 5.74) is -1.30. The summed E-state index contributed by atoms with van der Waals surface area (Å²) in [5.74, 6) is -0.220. The van der Waals surface area contributed by atoms with Crippen LogP contribution in [0.1, 0.15) is 13.8 Å². The van der Waals surface area contributed by atoms with Crippen molar-refractivity contribution < 1.29 is 14.2 Å². The fourth-order valence-electron chi connectivity index (χ4n) is 1.45. The van der Waals surface area contributed by atoms with Crippen LogP contribution in [0.5, 0.6) is 0 Å². The number of hydrogen-bond donors (Lipinski definition) is 1. The molecule has 2 nitrogen and oxygen atoms in total. The molecule has 0 radical (unpaired) electrons. The summed E-state index contributed by atoms with van der Waals surface area (Å²) in [7, 11) is 1.70. The molecule has 1 fully saturated rings. The molecule has 0 aromatic carbocycles. The molecular formula is C7H14BFO2. The van der Waals surface area contributed by atoms with Crippen LogP contribution in [0.25, 0.3) is 0 Å². The van der Waals surface area contributed by atoms with Crippen molar-refractivity contribution in [2.45, 2.75) is 31.6 Å². The van der Waals surface area contributed by atoms with E-state index in [0.29, 0.717) is 0 Å². The normalized spacial score (nSPS) is 51.5. The minimum Gasteiger partial charge on any atom is -0.394 e. The first-order valence-corrected chi connectivity index (χ1v) is 3.95. The molecule has 0 aliphatic carbocycles. The first-order chi connectivity index (χ1) is 5.00. The van der Waals surface area contributed by atoms with Gasteiger partial charge in [0.2, 0.25) is 0 Å². The lowest BCUT2D eigenvalue weighted by molar-refractivity contribution is 0.0240. The van der Waals surface area contributed by atoms with Gasteiger partial charge in [-0.3, -0.25) is 0 Å². The zero-order valence-corrected chi connectivity index (χ0v) is 7.17. The van der Waals surface area contributed by atoms with E-state index in [1.807, 2.05) is 0 Å². The third-order valence-electron chi connectivity index (χ3n) is 2.80. The minimum atomic E-state index is -1.30. The van der Waals surface area contributed by atoms with Gasteiger partial charge < -0.3 is 9.84 Å². The van der Waals surface area contributed by atoms with Crippen molar-refractivity contribution in [3.63, 3.8) is 0 Å². The highest BCUT2D eigenvalue weighted by atomic mass is 19.1. The van der Waals surface area contributed by atoms with Gasteiger partial charge in [-0.1, -0.05) is 6.92 Å². The smallest absolute Gasteiger partial charge is 0.143 e. The maximum Gasteiger partial charge on any atom is 0.143 e. The lowest BCUT2D eigenvalue weighted by Gasteiger charge is -2.22. The largest absolute Gasteiger partial charge is 0.394 e. The molecule has 1 heterocycles. The lowest BCUT2D eigenvalue weighted by Crippen LogP contribution is -2.35. The first-order valence-electron chi connectivity index (χ1n) is 3.95. The van der Waals surface area contributed by atoms with E-state index in [-0.39, 0.29) is 18.6 Å². The molecule has 1 N–H and O–H groups in total. The number of ether oxygens (including phenoxy) is 1. The maximum atomic E-state index is 13.6. The Morgan fingerprint density at radius 2 is 2.27 bits per heavy atom. The van der Waals surface area contributed by atoms with Crippen molar-refractivity contribution in [2.75, 3.05) is 6.61 Å². The highest BCUT2D eigenvalue weighted by Gasteiger charge is 2.48. The molecule has 11 heavy (non-hydrogen) atoms. The van der Waals surface area contributed by atoms with Crippen molar-refractivity contribution in [1.82, 2.24) is 0 Å². The summed E-state index contributed by atoms with van der Waals surface area (Å²) >= 11 is 0. The summed E-state index contributed by atoms with van der Waals surface area (Å²) in [4.78, 5) is 0. The van der Waals surface area contributed by atoms with E-state index >= 15 is 0 Å². The summed E-state index contributed by atoms with van der Waals surface area (Å²) in [6.45, 7) is 3.20. The van der Waals surface area contributed by atoms with E-state index in [4.69, 9.17) is 9.84 Å². The van der Waals surface area contributed by atoms with Gasteiger partial charge in [0.15, 0.2) is 0 Å². The predicted molar refractivity (Wildman–Crippen MR) is 43.0 cm³/mol. The molecule has 0 aromatic rings. The zero-order valence-electron chi connectivity index (χ0n) is 7.17. The Morgan fingerprint density at radius 3 is 2.45 bits per heavy atom. The van der Waals surface area contributed by atoms with Crippen LogP contribution in [-0.2, 0) is 4.74 Å². The number of hydrogen-bond acceptors (Lipinski definition) is 2. The fourth-order valence-corrected chi connectivity index (χ4v) is 1.45. The van der Waals surface area contributed by atoms with Gasteiger partial charge in [-0.2, -0.15) is 0 Å². The van der Waals surface area contributed by atoms with Crippen LogP contribution < -0.4 is 0 Å². The number of halogens is 1. The zero-order chi connectivity index (χ0) is 8.65. The second-order valence-electron chi connectivity index (χ2n) is 3.44. The molecule has 0 amide bonds. The van der Waals surface area contributed by atoms with E-state index in [9.17, 15) is 4.39 Å². The van der Waals surface area contributed by atoms with E-state index in [1.54, 1.807) is 14.8 Å². The molecule has 0 spiro atoms. The topological polar surface area (TPSA) is 29.5 Å². The fraction of sp³-hybridized carbons (Fsp3) is 1.00. The molecule has 4 atom stereocenters. The molecule has 4 heteroatoms. The molecule has 0 unspecified atom stereocenters. The first kappa shape index (κ1) is 9.01. The summed E-state index contributed by atoms with van der Waals surface area (Å²) in [6.07, 6.45) is -0.333. The van der Waals surface area contributed by atoms with Crippen molar-refractivity contribution >= 4 is 7.85 Å². The molecule has 1 saturated heterocycles. The Hall–Kier alpha value is -0.0851. The van der Waals surface area contributed by atoms with E-state index < -0.39 is 11.7 Å². The molecule has 0 aromatic heterocycles. The van der Waals surface area contributed by atoms with Gasteiger partial charge in [-0.05, 0) is 6.92 Å². The summed E-state index contributed by atoms with van der Waals surface area (Å²) in [5, 5.41) is 8.79. The second-order valence-corrected chi connectivity index (χ2v) is 3.44. The second kappa shape index (κ2) is 2.75. The van der Waals surface area contributed by atoms with Crippen molar-refractivity contribution in [2.24, 2.45) is 5.92 Å². The Morgan fingerprint density at radius 1 is 1.73 bits per heavy atom. The molecule has 0 bridgehead atoms. The predicted octanol–water partition coefficient (Wildman–Crippen LogP) is -0.299. The Kier molecular flexibility index (Phi) is 2.26. The van der Waals surface area contributed by atoms with Crippen LogP contribution in [0.4, 0.5) is 4.39 Å². The average Bonchev–Trinajstić information content (AvgIpc) is 2.14. The quantitative estimate of drug-likeness (QED) is 0.533. The third kappa shape index (κ3) is 1.29. The van der Waals surface area contributed by atoms with Gasteiger partial charge in [0.25, 0.3) is 0 Å². The van der Waals surface area contributed by atoms with Crippen LogP contribution >= 0.6 is 0 Å². The molecule has 64 valence electrons. The minimum absolute atomic E-state index is 0.0922. The average molecular weight is 160 g/mol. The van der Waals surface area contributed by atoms with Gasteiger partial charge >= 0.3 is 0 Å². The van der Waals surface area contributed by atoms with Gasteiger partial charge in [0, 0.05) is 5.92 Å². The van der Waals surface area contributed by atoms with E-state index in [0.717, 1.165) is 0 Å². The molecule has 0 saturated carbocycles. The number of alkyl halides is 1. The van der Waals surface area contributed by atoms with Crippen LogP contribution in [0.3, 0.4) is 0 Å². The van der Waals surface area contributed by atoms with Crippen molar-refractivity contribution in [1.29, 1.82) is 0 Å². The highest BCUT2D eigenvalue weighted by Crippen LogP contribution is 2.37. The summed E-state index contributed by atoms with van der Waals surface area (Å²) in [6, 6.07) is -0.408. The summed E-state index contributed by atoms with van der Waals surface area (Å²) < 4.78 is 18.8. The van der Waals surface area contributed by atoms with Gasteiger partial charge in [0.1, 0.15) is 13.5 Å². The third-order valence-corrected chi connectivity index (χ3v) is 2.80. The molecule has 1 aliphatic rings. The Bertz CT molecular complexity index is 151. The molecule has 1 rings (SSSR count). The standard InChI is InChI=1S/C7H14BFO2/c1-4-5(3-10)11-6(8)7(4,2)9/h4-6,10H,3,8H2,1-2H3/t4-,5-,6-,7-/m1/s1.